The molecule has 6 nitrogen and oxygen atoms in total. The van der Waals surface area contributed by atoms with Gasteiger partial charge in [0.25, 0.3) is 0 Å². The third-order valence-corrected chi connectivity index (χ3v) is 4.53. The Kier molecular flexibility index (Phi) is 5.39. The van der Waals surface area contributed by atoms with Gasteiger partial charge in [0.15, 0.2) is 0 Å². The number of aromatic nitrogens is 2. The Morgan fingerprint density at radius 3 is 2.50 bits per heavy atom. The lowest BCUT2D eigenvalue weighted by molar-refractivity contribution is 0.0928. The largest absolute Gasteiger partial charge is 0.497 e. The van der Waals surface area contributed by atoms with Gasteiger partial charge in [0.2, 0.25) is 0 Å². The fourth-order valence-electron chi connectivity index (χ4n) is 3.22. The van der Waals surface area contributed by atoms with Crippen LogP contribution in [0.25, 0.3) is 11.4 Å². The van der Waals surface area contributed by atoms with E-state index in [0.29, 0.717) is 32.5 Å². The molecule has 1 saturated heterocycles. The Balaban J connectivity index is 1.82. The SMILES string of the molecule is CCOC(=O)N1CCC(n2ccnc2-c2c(F)cc(OC)cc2F)CC1. The van der Waals surface area contributed by atoms with Gasteiger partial charge in [-0.3, -0.25) is 0 Å². The molecule has 0 bridgehead atoms. The molecule has 1 amide bonds. The third kappa shape index (κ3) is 3.49. The van der Waals surface area contributed by atoms with Crippen molar-refractivity contribution in [2.45, 2.75) is 25.8 Å². The minimum atomic E-state index is -0.724. The van der Waals surface area contributed by atoms with Crippen molar-refractivity contribution >= 4 is 6.09 Å². The molecule has 0 N–H and O–H groups in total. The Morgan fingerprint density at radius 1 is 1.27 bits per heavy atom. The topological polar surface area (TPSA) is 56.6 Å². The summed E-state index contributed by atoms with van der Waals surface area (Å²) < 4.78 is 40.5. The Morgan fingerprint density at radius 2 is 1.92 bits per heavy atom. The van der Waals surface area contributed by atoms with Crippen LogP contribution in [-0.4, -0.2) is 47.4 Å². The van der Waals surface area contributed by atoms with Crippen LogP contribution in [0.4, 0.5) is 13.6 Å². The Hall–Kier alpha value is -2.64. The number of halogens is 2. The van der Waals surface area contributed by atoms with Gasteiger partial charge in [0.05, 0.1) is 19.3 Å². The summed E-state index contributed by atoms with van der Waals surface area (Å²) in [5, 5.41) is 0. The molecule has 1 aromatic heterocycles. The van der Waals surface area contributed by atoms with Crippen LogP contribution < -0.4 is 4.74 Å². The van der Waals surface area contributed by atoms with E-state index in [0.717, 1.165) is 12.1 Å². The van der Waals surface area contributed by atoms with Crippen molar-refractivity contribution in [1.29, 1.82) is 0 Å². The third-order valence-electron chi connectivity index (χ3n) is 4.53. The van der Waals surface area contributed by atoms with Gasteiger partial charge in [-0.15, -0.1) is 0 Å². The molecule has 0 aliphatic carbocycles. The van der Waals surface area contributed by atoms with Crippen LogP contribution in [0.2, 0.25) is 0 Å². The van der Waals surface area contributed by atoms with Crippen LogP contribution in [0.15, 0.2) is 24.5 Å². The number of carbonyl (C=O) groups excluding carboxylic acids is 1. The van der Waals surface area contributed by atoms with Crippen molar-refractivity contribution in [3.8, 4) is 17.1 Å². The van der Waals surface area contributed by atoms with Crippen LogP contribution in [0.1, 0.15) is 25.8 Å². The number of benzene rings is 1. The molecule has 0 saturated carbocycles. The first-order chi connectivity index (χ1) is 12.5. The lowest BCUT2D eigenvalue weighted by Crippen LogP contribution is -2.39. The van der Waals surface area contributed by atoms with E-state index in [1.54, 1.807) is 22.6 Å². The molecule has 26 heavy (non-hydrogen) atoms. The fourth-order valence-corrected chi connectivity index (χ4v) is 3.22. The number of methoxy groups -OCH3 is 1. The van der Waals surface area contributed by atoms with Crippen molar-refractivity contribution in [3.05, 3.63) is 36.2 Å². The number of amides is 1. The van der Waals surface area contributed by atoms with Gasteiger partial charge < -0.3 is 18.9 Å². The Bertz CT molecular complexity index is 763. The molecule has 1 aliphatic heterocycles. The predicted molar refractivity (Wildman–Crippen MR) is 91.0 cm³/mol. The van der Waals surface area contributed by atoms with E-state index >= 15 is 0 Å². The van der Waals surface area contributed by atoms with Gasteiger partial charge >= 0.3 is 6.09 Å². The summed E-state index contributed by atoms with van der Waals surface area (Å²) in [4.78, 5) is 17.6. The van der Waals surface area contributed by atoms with Gasteiger partial charge in [-0.05, 0) is 19.8 Å². The highest BCUT2D eigenvalue weighted by Crippen LogP contribution is 2.33. The molecular weight excluding hydrogens is 344 g/mol. The lowest BCUT2D eigenvalue weighted by atomic mass is 10.0. The summed E-state index contributed by atoms with van der Waals surface area (Å²) in [5.41, 5.74) is -0.177. The van der Waals surface area contributed by atoms with Crippen LogP contribution in [0.3, 0.4) is 0 Å². The molecule has 2 heterocycles. The molecule has 1 aromatic carbocycles. The van der Waals surface area contributed by atoms with Gasteiger partial charge in [-0.2, -0.15) is 0 Å². The number of likely N-dealkylation sites (tertiary alicyclic amines) is 1. The highest BCUT2D eigenvalue weighted by atomic mass is 19.1. The molecule has 3 rings (SSSR count). The number of rotatable bonds is 4. The highest BCUT2D eigenvalue weighted by Gasteiger charge is 2.27. The molecule has 0 radical (unpaired) electrons. The van der Waals surface area contributed by atoms with Gasteiger partial charge in [0, 0.05) is 43.7 Å². The second kappa shape index (κ2) is 7.72. The average Bonchev–Trinajstić information content (AvgIpc) is 3.10. The van der Waals surface area contributed by atoms with Crippen molar-refractivity contribution < 1.29 is 23.0 Å². The maximum atomic E-state index is 14.4. The molecule has 2 aromatic rings. The standard InChI is InChI=1S/C18H21F2N3O3/c1-3-26-18(24)22-7-4-12(5-8-22)23-9-6-21-17(23)16-14(19)10-13(25-2)11-15(16)20/h6,9-12H,3-5,7-8H2,1-2H3. The number of piperidine rings is 1. The quantitative estimate of drug-likeness (QED) is 0.830. The second-order valence-electron chi connectivity index (χ2n) is 6.04. The number of ether oxygens (including phenoxy) is 2. The molecule has 0 unspecified atom stereocenters. The first-order valence-electron chi connectivity index (χ1n) is 8.53. The van der Waals surface area contributed by atoms with E-state index in [9.17, 15) is 13.6 Å². The van der Waals surface area contributed by atoms with Crippen molar-refractivity contribution in [3.63, 3.8) is 0 Å². The molecule has 0 atom stereocenters. The molecule has 0 spiro atoms. The van der Waals surface area contributed by atoms with Crippen LogP contribution >= 0.6 is 0 Å². The molecule has 1 aliphatic rings. The minimum Gasteiger partial charge on any atom is -0.497 e. The summed E-state index contributed by atoms with van der Waals surface area (Å²) >= 11 is 0. The first-order valence-corrected chi connectivity index (χ1v) is 8.53. The van der Waals surface area contributed by atoms with E-state index in [-0.39, 0.29) is 29.3 Å². The zero-order valence-electron chi connectivity index (χ0n) is 14.7. The minimum absolute atomic E-state index is 0.000854. The van der Waals surface area contributed by atoms with E-state index in [2.05, 4.69) is 4.98 Å². The monoisotopic (exact) mass is 365 g/mol. The average molecular weight is 365 g/mol. The summed E-state index contributed by atoms with van der Waals surface area (Å²) in [6.07, 6.45) is 4.21. The van der Waals surface area contributed by atoms with Crippen molar-refractivity contribution in [2.24, 2.45) is 0 Å². The van der Waals surface area contributed by atoms with E-state index in [1.165, 1.54) is 13.3 Å². The summed E-state index contributed by atoms with van der Waals surface area (Å²) in [5.74, 6) is -1.10. The van der Waals surface area contributed by atoms with Gasteiger partial charge in [0.1, 0.15) is 23.2 Å². The van der Waals surface area contributed by atoms with Crippen LogP contribution in [-0.2, 0) is 4.74 Å². The molecule has 1 fully saturated rings. The van der Waals surface area contributed by atoms with Crippen molar-refractivity contribution in [2.75, 3.05) is 26.8 Å². The van der Waals surface area contributed by atoms with Gasteiger partial charge in [-0.1, -0.05) is 0 Å². The number of carbonyl (C=O) groups is 1. The zero-order valence-corrected chi connectivity index (χ0v) is 14.7. The van der Waals surface area contributed by atoms with Crippen LogP contribution in [0.5, 0.6) is 5.75 Å². The number of nitrogens with zero attached hydrogens (tertiary/aromatic N) is 3. The van der Waals surface area contributed by atoms with Gasteiger partial charge in [-0.25, -0.2) is 18.6 Å². The number of hydrogen-bond donors (Lipinski definition) is 0. The fraction of sp³-hybridized carbons (Fsp3) is 0.444. The maximum absolute atomic E-state index is 14.4. The van der Waals surface area contributed by atoms with E-state index in [4.69, 9.17) is 9.47 Å². The second-order valence-corrected chi connectivity index (χ2v) is 6.04. The summed E-state index contributed by atoms with van der Waals surface area (Å²) in [7, 11) is 1.35. The van der Waals surface area contributed by atoms with Crippen LogP contribution in [0, 0.1) is 11.6 Å². The molecule has 140 valence electrons. The molecule has 8 heteroatoms. The summed E-state index contributed by atoms with van der Waals surface area (Å²) in [6.45, 7) is 3.14. The van der Waals surface area contributed by atoms with E-state index in [1.807, 2.05) is 0 Å². The Labute approximate surface area is 150 Å². The normalized spacial score (nSPS) is 15.2. The molecular formula is C18H21F2N3O3. The predicted octanol–water partition coefficient (Wildman–Crippen LogP) is 3.63. The lowest BCUT2D eigenvalue weighted by Gasteiger charge is -2.32. The first kappa shape index (κ1) is 18.2. The van der Waals surface area contributed by atoms with E-state index < -0.39 is 11.6 Å². The smallest absolute Gasteiger partial charge is 0.409 e. The highest BCUT2D eigenvalue weighted by molar-refractivity contribution is 5.67. The maximum Gasteiger partial charge on any atom is 0.409 e. The zero-order chi connectivity index (χ0) is 18.7. The summed E-state index contributed by atoms with van der Waals surface area (Å²) in [6, 6.07) is 2.28. The number of hydrogen-bond acceptors (Lipinski definition) is 4. The number of imidazole rings is 1. The van der Waals surface area contributed by atoms with Crippen molar-refractivity contribution in [1.82, 2.24) is 14.5 Å².